The highest BCUT2D eigenvalue weighted by molar-refractivity contribution is 7.62. The third kappa shape index (κ3) is 1.46. The molecule has 0 aromatic rings. The monoisotopic (exact) mass is 163 g/mol. The summed E-state index contributed by atoms with van der Waals surface area (Å²) in [5.74, 6) is 2.37. The largest absolute Gasteiger partial charge is 0.0807 e. The van der Waals surface area contributed by atoms with Crippen LogP contribution in [0, 0.1) is 6.42 Å². The van der Waals surface area contributed by atoms with Crippen molar-refractivity contribution in [2.45, 2.75) is 12.6 Å². The molecule has 2 heterocycles. The highest BCUT2D eigenvalue weighted by Crippen LogP contribution is 2.50. The Morgan fingerprint density at radius 3 is 3.27 bits per heavy atom. The predicted octanol–water partition coefficient (Wildman–Crippen LogP) is 3.08. The van der Waals surface area contributed by atoms with E-state index < -0.39 is 0 Å². The minimum atomic E-state index is 0.128. The summed E-state index contributed by atoms with van der Waals surface area (Å²) in [6.07, 6.45) is 12.7. The molecule has 0 aliphatic carbocycles. The summed E-state index contributed by atoms with van der Waals surface area (Å²) in [5, 5.41) is 0. The Hall–Kier alpha value is -0.350. The van der Waals surface area contributed by atoms with E-state index in [9.17, 15) is 0 Å². The molecule has 0 saturated heterocycles. The van der Waals surface area contributed by atoms with Gasteiger partial charge < -0.3 is 0 Å². The number of allylic oxidation sites excluding steroid dienone is 5. The molecule has 0 spiro atoms. The van der Waals surface area contributed by atoms with Gasteiger partial charge in [0.25, 0.3) is 0 Å². The number of hydrogen-bond acceptors (Lipinski definition) is 0. The van der Waals surface area contributed by atoms with Gasteiger partial charge in [0.05, 0.1) is 0 Å². The van der Waals surface area contributed by atoms with Crippen LogP contribution in [0.25, 0.3) is 0 Å². The summed E-state index contributed by atoms with van der Waals surface area (Å²) in [5.41, 5.74) is 2.19. The van der Waals surface area contributed by atoms with Crippen LogP contribution in [0.4, 0.5) is 0 Å². The Bertz CT molecular complexity index is 235. The first-order chi connectivity index (χ1) is 5.36. The molecule has 2 aliphatic rings. The quantitative estimate of drug-likeness (QED) is 0.481. The van der Waals surface area contributed by atoms with Crippen molar-refractivity contribution in [1.82, 2.24) is 0 Å². The lowest BCUT2D eigenvalue weighted by Gasteiger charge is -2.27. The number of fused-ring (bicyclic) bond motifs is 1. The number of hydrogen-bond donors (Lipinski definition) is 0. The Morgan fingerprint density at radius 1 is 1.45 bits per heavy atom. The lowest BCUT2D eigenvalue weighted by atomic mass is 10.1. The first-order valence-corrected chi connectivity index (χ1v) is 5.65. The normalized spacial score (nSPS) is 34.8. The summed E-state index contributed by atoms with van der Waals surface area (Å²) in [4.78, 5) is 0. The predicted molar refractivity (Wildman–Crippen MR) is 51.9 cm³/mol. The van der Waals surface area contributed by atoms with Crippen molar-refractivity contribution < 1.29 is 0 Å². The van der Waals surface area contributed by atoms with Crippen LogP contribution in [0.3, 0.4) is 0 Å². The zero-order valence-electron chi connectivity index (χ0n) is 6.70. The van der Waals surface area contributed by atoms with Crippen LogP contribution < -0.4 is 0 Å². The first kappa shape index (κ1) is 7.31. The fraction of sp³-hybridized carbons (Fsp3) is 0.300. The first-order valence-electron chi connectivity index (χ1n) is 3.98. The summed E-state index contributed by atoms with van der Waals surface area (Å²) in [6, 6.07) is 0. The van der Waals surface area contributed by atoms with E-state index >= 15 is 0 Å². The summed E-state index contributed by atoms with van der Waals surface area (Å²) >= 11 is 0. The molecule has 0 aromatic heterocycles. The van der Waals surface area contributed by atoms with Crippen LogP contribution >= 0.6 is 7.92 Å². The van der Waals surface area contributed by atoms with Crippen molar-refractivity contribution in [2.75, 3.05) is 6.16 Å². The molecule has 2 rings (SSSR count). The van der Waals surface area contributed by atoms with Crippen LogP contribution in [0.15, 0.2) is 35.7 Å². The Balaban J connectivity index is 2.18. The molecule has 57 valence electrons. The van der Waals surface area contributed by atoms with Crippen LogP contribution in [-0.4, -0.2) is 11.8 Å². The molecule has 0 bridgehead atoms. The topological polar surface area (TPSA) is 0 Å². The van der Waals surface area contributed by atoms with Gasteiger partial charge in [-0.2, -0.15) is 0 Å². The van der Waals surface area contributed by atoms with E-state index in [1.807, 2.05) is 0 Å². The molecule has 0 fully saturated rings. The second kappa shape index (κ2) is 2.95. The number of rotatable bonds is 0. The van der Waals surface area contributed by atoms with Crippen LogP contribution in [0.5, 0.6) is 0 Å². The molecule has 0 saturated carbocycles. The summed E-state index contributed by atoms with van der Waals surface area (Å²) in [7, 11) is 0.128. The van der Waals surface area contributed by atoms with Gasteiger partial charge in [-0.1, -0.05) is 43.6 Å². The molecular formula is C10H12P. The van der Waals surface area contributed by atoms with Gasteiger partial charge in [0.1, 0.15) is 0 Å². The minimum Gasteiger partial charge on any atom is -0.0807 e. The van der Waals surface area contributed by atoms with Crippen LogP contribution in [0.2, 0.25) is 0 Å². The Kier molecular flexibility index (Phi) is 1.96. The molecule has 2 atom stereocenters. The lowest BCUT2D eigenvalue weighted by Crippen LogP contribution is -2.10. The molecule has 11 heavy (non-hydrogen) atoms. The minimum absolute atomic E-state index is 0.128. The van der Waals surface area contributed by atoms with Gasteiger partial charge in [-0.05, 0) is 19.5 Å². The van der Waals surface area contributed by atoms with Crippen molar-refractivity contribution in [1.29, 1.82) is 0 Å². The molecule has 0 nitrogen and oxygen atoms in total. The maximum absolute atomic E-state index is 2.38. The molecule has 0 N–H and O–H groups in total. The van der Waals surface area contributed by atoms with E-state index in [4.69, 9.17) is 0 Å². The lowest BCUT2D eigenvalue weighted by molar-refractivity contribution is 1.17. The molecular weight excluding hydrogens is 151 g/mol. The van der Waals surface area contributed by atoms with E-state index in [0.29, 0.717) is 0 Å². The van der Waals surface area contributed by atoms with Gasteiger partial charge in [-0.3, -0.25) is 0 Å². The SMILES string of the molecule is CC1=CCP2C=CC=CC2[CH]1. The molecule has 0 aromatic carbocycles. The summed E-state index contributed by atoms with van der Waals surface area (Å²) in [6.45, 7) is 2.19. The highest BCUT2D eigenvalue weighted by Gasteiger charge is 2.20. The average Bonchev–Trinajstić information content (AvgIpc) is 2.04. The Morgan fingerprint density at radius 2 is 2.36 bits per heavy atom. The zero-order valence-corrected chi connectivity index (χ0v) is 7.59. The molecule has 1 heteroatoms. The molecule has 1 radical (unpaired) electrons. The van der Waals surface area contributed by atoms with Crippen molar-refractivity contribution in [3.8, 4) is 0 Å². The van der Waals surface area contributed by atoms with Gasteiger partial charge in [-0.15, -0.1) is 0 Å². The molecule has 2 aliphatic heterocycles. The van der Waals surface area contributed by atoms with Crippen LogP contribution in [0.1, 0.15) is 6.92 Å². The van der Waals surface area contributed by atoms with Gasteiger partial charge in [0.2, 0.25) is 0 Å². The zero-order chi connectivity index (χ0) is 7.68. The van der Waals surface area contributed by atoms with Gasteiger partial charge in [0, 0.05) is 5.66 Å². The molecule has 2 unspecified atom stereocenters. The third-order valence-electron chi connectivity index (χ3n) is 2.14. The van der Waals surface area contributed by atoms with E-state index in [1.165, 1.54) is 11.7 Å². The van der Waals surface area contributed by atoms with Gasteiger partial charge in [0.15, 0.2) is 0 Å². The fourth-order valence-electron chi connectivity index (χ4n) is 1.47. The van der Waals surface area contributed by atoms with Crippen molar-refractivity contribution in [3.63, 3.8) is 0 Å². The standard InChI is InChI=1S/C10H12P/c1-9-5-7-11-6-3-2-4-10(11)8-9/h2-6,8,10H,7H2,1H3. The maximum atomic E-state index is 2.38. The van der Waals surface area contributed by atoms with Crippen molar-refractivity contribution >= 4 is 7.92 Å². The van der Waals surface area contributed by atoms with E-state index in [0.717, 1.165) is 5.66 Å². The van der Waals surface area contributed by atoms with Gasteiger partial charge in [-0.25, -0.2) is 0 Å². The van der Waals surface area contributed by atoms with Crippen LogP contribution in [-0.2, 0) is 0 Å². The average molecular weight is 163 g/mol. The Labute approximate surface area is 69.4 Å². The third-order valence-corrected chi connectivity index (χ3v) is 4.38. The van der Waals surface area contributed by atoms with Crippen molar-refractivity contribution in [2.24, 2.45) is 0 Å². The second-order valence-electron chi connectivity index (χ2n) is 3.03. The van der Waals surface area contributed by atoms with E-state index in [2.05, 4.69) is 43.5 Å². The van der Waals surface area contributed by atoms with Crippen molar-refractivity contribution in [3.05, 3.63) is 42.1 Å². The van der Waals surface area contributed by atoms with E-state index in [1.54, 1.807) is 0 Å². The molecule has 0 amide bonds. The fourth-order valence-corrected chi connectivity index (χ4v) is 3.60. The summed E-state index contributed by atoms with van der Waals surface area (Å²) < 4.78 is 0. The highest BCUT2D eigenvalue weighted by atomic mass is 31.1. The van der Waals surface area contributed by atoms with E-state index in [-0.39, 0.29) is 7.92 Å². The smallest absolute Gasteiger partial charge is 0.00823 e. The maximum Gasteiger partial charge on any atom is 0.00823 e. The second-order valence-corrected chi connectivity index (χ2v) is 5.32. The van der Waals surface area contributed by atoms with Gasteiger partial charge >= 0.3 is 0 Å².